The monoisotopic (exact) mass is 250 g/mol. The number of hydrogen-bond acceptors (Lipinski definition) is 3. The third-order valence-corrected chi connectivity index (χ3v) is 2.35. The first kappa shape index (κ1) is 12.3. The summed E-state index contributed by atoms with van der Waals surface area (Å²) < 4.78 is 28.3. The first-order chi connectivity index (χ1) is 6.97. The van der Waals surface area contributed by atoms with Crippen LogP contribution in [0.15, 0.2) is 24.3 Å². The Bertz CT molecular complexity index is 404. The molecular formula is C8H11ClN2O3S. The summed E-state index contributed by atoms with van der Waals surface area (Å²) in [5.74, 6) is 0.621. The molecular weight excluding hydrogens is 240 g/mol. The number of nitrogens with two attached hydrogens (primary N) is 1. The maximum Gasteiger partial charge on any atom is 0.274 e. The van der Waals surface area contributed by atoms with Crippen molar-refractivity contribution in [3.63, 3.8) is 0 Å². The van der Waals surface area contributed by atoms with Crippen molar-refractivity contribution in [2.24, 2.45) is 5.14 Å². The molecule has 0 heterocycles. The zero-order valence-corrected chi connectivity index (χ0v) is 9.38. The minimum Gasteiger partial charge on any atom is -0.492 e. The van der Waals surface area contributed by atoms with Crippen molar-refractivity contribution in [3.8, 4) is 5.75 Å². The van der Waals surface area contributed by atoms with Gasteiger partial charge < -0.3 is 4.74 Å². The Labute approximate surface area is 93.4 Å². The van der Waals surface area contributed by atoms with Crippen LogP contribution in [0.2, 0.25) is 5.02 Å². The van der Waals surface area contributed by atoms with Crippen molar-refractivity contribution in [1.29, 1.82) is 0 Å². The zero-order valence-electron chi connectivity index (χ0n) is 7.81. The maximum absolute atomic E-state index is 10.5. The number of nitrogens with one attached hydrogen (secondary N) is 1. The van der Waals surface area contributed by atoms with E-state index < -0.39 is 10.2 Å². The van der Waals surface area contributed by atoms with Crippen LogP contribution in [0, 0.1) is 0 Å². The molecule has 7 heteroatoms. The molecule has 0 unspecified atom stereocenters. The van der Waals surface area contributed by atoms with Crippen LogP contribution in [0.4, 0.5) is 0 Å². The van der Waals surface area contributed by atoms with Gasteiger partial charge in [-0.2, -0.15) is 13.1 Å². The molecule has 1 aromatic rings. The predicted molar refractivity (Wildman–Crippen MR) is 58.1 cm³/mol. The molecule has 0 amide bonds. The standard InChI is InChI=1S/C8H11ClN2O3S/c9-7-1-3-8(4-2-7)14-6-5-11-15(10,12)13/h1-4,11H,5-6H2,(H2,10,12,13). The highest BCUT2D eigenvalue weighted by atomic mass is 35.5. The van der Waals surface area contributed by atoms with E-state index in [4.69, 9.17) is 21.5 Å². The lowest BCUT2D eigenvalue weighted by Crippen LogP contribution is -2.33. The highest BCUT2D eigenvalue weighted by Crippen LogP contribution is 2.14. The summed E-state index contributed by atoms with van der Waals surface area (Å²) in [5, 5.41) is 5.34. The third-order valence-electron chi connectivity index (χ3n) is 1.49. The van der Waals surface area contributed by atoms with Gasteiger partial charge in [-0.25, -0.2) is 5.14 Å². The lowest BCUT2D eigenvalue weighted by atomic mass is 10.3. The van der Waals surface area contributed by atoms with Crippen molar-refractivity contribution >= 4 is 21.8 Å². The number of ether oxygens (including phenoxy) is 1. The smallest absolute Gasteiger partial charge is 0.274 e. The van der Waals surface area contributed by atoms with E-state index in [-0.39, 0.29) is 13.2 Å². The first-order valence-electron chi connectivity index (χ1n) is 4.13. The van der Waals surface area contributed by atoms with Gasteiger partial charge in [-0.1, -0.05) is 11.6 Å². The number of rotatable bonds is 5. The molecule has 0 aromatic heterocycles. The SMILES string of the molecule is NS(=O)(=O)NCCOc1ccc(Cl)cc1. The molecule has 5 nitrogen and oxygen atoms in total. The van der Waals surface area contributed by atoms with Gasteiger partial charge in [-0.3, -0.25) is 0 Å². The fourth-order valence-electron chi connectivity index (χ4n) is 0.884. The lowest BCUT2D eigenvalue weighted by Gasteiger charge is -2.05. The first-order valence-corrected chi connectivity index (χ1v) is 6.05. The van der Waals surface area contributed by atoms with Crippen molar-refractivity contribution < 1.29 is 13.2 Å². The van der Waals surface area contributed by atoms with E-state index in [1.807, 2.05) is 0 Å². The van der Waals surface area contributed by atoms with Crippen molar-refractivity contribution in [2.75, 3.05) is 13.2 Å². The number of halogens is 1. The summed E-state index contributed by atoms with van der Waals surface area (Å²) in [7, 11) is -3.64. The van der Waals surface area contributed by atoms with Gasteiger partial charge in [-0.05, 0) is 24.3 Å². The minimum atomic E-state index is -3.64. The lowest BCUT2D eigenvalue weighted by molar-refractivity contribution is 0.323. The van der Waals surface area contributed by atoms with Crippen molar-refractivity contribution in [3.05, 3.63) is 29.3 Å². The van der Waals surface area contributed by atoms with E-state index in [1.165, 1.54) is 0 Å². The van der Waals surface area contributed by atoms with Crippen LogP contribution >= 0.6 is 11.6 Å². The highest BCUT2D eigenvalue weighted by Gasteiger charge is 1.99. The van der Waals surface area contributed by atoms with Crippen LogP contribution in [0.1, 0.15) is 0 Å². The van der Waals surface area contributed by atoms with Crippen LogP contribution in [0.25, 0.3) is 0 Å². The molecule has 84 valence electrons. The van der Waals surface area contributed by atoms with E-state index in [2.05, 4.69) is 4.72 Å². The second kappa shape index (κ2) is 5.32. The summed E-state index contributed by atoms with van der Waals surface area (Å²) in [6.45, 7) is 0.333. The molecule has 0 aliphatic carbocycles. The van der Waals surface area contributed by atoms with Gasteiger partial charge in [0.1, 0.15) is 12.4 Å². The number of benzene rings is 1. The second-order valence-corrected chi connectivity index (χ2v) is 4.56. The van der Waals surface area contributed by atoms with Gasteiger partial charge in [0, 0.05) is 11.6 Å². The van der Waals surface area contributed by atoms with Gasteiger partial charge in [0.15, 0.2) is 0 Å². The molecule has 0 aliphatic rings. The Morgan fingerprint density at radius 1 is 1.33 bits per heavy atom. The average Bonchev–Trinajstić information content (AvgIpc) is 2.14. The molecule has 0 aliphatic heterocycles. The Morgan fingerprint density at radius 3 is 2.47 bits per heavy atom. The van der Waals surface area contributed by atoms with E-state index >= 15 is 0 Å². The van der Waals surface area contributed by atoms with Gasteiger partial charge in [0.2, 0.25) is 0 Å². The van der Waals surface area contributed by atoms with Gasteiger partial charge in [0.25, 0.3) is 10.2 Å². The molecule has 0 saturated carbocycles. The quantitative estimate of drug-likeness (QED) is 0.748. The average molecular weight is 251 g/mol. The Balaban J connectivity index is 2.29. The van der Waals surface area contributed by atoms with Crippen LogP contribution < -0.4 is 14.6 Å². The minimum absolute atomic E-state index is 0.126. The fraction of sp³-hybridized carbons (Fsp3) is 0.250. The van der Waals surface area contributed by atoms with Gasteiger partial charge >= 0.3 is 0 Å². The summed E-state index contributed by atoms with van der Waals surface area (Å²) >= 11 is 5.67. The third kappa shape index (κ3) is 5.58. The predicted octanol–water partition coefficient (Wildman–Crippen LogP) is 0.512. The zero-order chi connectivity index (χ0) is 11.3. The molecule has 15 heavy (non-hydrogen) atoms. The Morgan fingerprint density at radius 2 is 1.93 bits per heavy atom. The molecule has 0 saturated heterocycles. The van der Waals surface area contributed by atoms with E-state index in [9.17, 15) is 8.42 Å². The molecule has 0 spiro atoms. The molecule has 3 N–H and O–H groups in total. The summed E-state index contributed by atoms with van der Waals surface area (Å²) in [6.07, 6.45) is 0. The van der Waals surface area contributed by atoms with Crippen LogP contribution in [-0.4, -0.2) is 21.6 Å². The largest absolute Gasteiger partial charge is 0.492 e. The molecule has 0 atom stereocenters. The van der Waals surface area contributed by atoms with Crippen molar-refractivity contribution in [2.45, 2.75) is 0 Å². The van der Waals surface area contributed by atoms with Crippen LogP contribution in [0.3, 0.4) is 0 Å². The molecule has 0 bridgehead atoms. The summed E-state index contributed by atoms with van der Waals surface area (Å²) in [5.41, 5.74) is 0. The molecule has 0 fully saturated rings. The van der Waals surface area contributed by atoms with Gasteiger partial charge in [0.05, 0.1) is 0 Å². The normalized spacial score (nSPS) is 11.3. The Kier molecular flexibility index (Phi) is 4.34. The number of hydrogen-bond donors (Lipinski definition) is 2. The molecule has 1 rings (SSSR count). The maximum atomic E-state index is 10.5. The van der Waals surface area contributed by atoms with E-state index in [0.717, 1.165) is 0 Å². The van der Waals surface area contributed by atoms with Crippen molar-refractivity contribution in [1.82, 2.24) is 4.72 Å². The highest BCUT2D eigenvalue weighted by molar-refractivity contribution is 7.87. The summed E-state index contributed by atoms with van der Waals surface area (Å²) in [4.78, 5) is 0. The topological polar surface area (TPSA) is 81.4 Å². The Hall–Kier alpha value is -0.820. The van der Waals surface area contributed by atoms with E-state index in [1.54, 1.807) is 24.3 Å². The fourth-order valence-corrected chi connectivity index (χ4v) is 1.38. The van der Waals surface area contributed by atoms with Gasteiger partial charge in [-0.15, -0.1) is 0 Å². The van der Waals surface area contributed by atoms with E-state index in [0.29, 0.717) is 10.8 Å². The van der Waals surface area contributed by atoms with Crippen LogP contribution in [0.5, 0.6) is 5.75 Å². The summed E-state index contributed by atoms with van der Waals surface area (Å²) in [6, 6.07) is 6.76. The second-order valence-electron chi connectivity index (χ2n) is 2.74. The molecule has 0 radical (unpaired) electrons. The molecule has 1 aromatic carbocycles. The van der Waals surface area contributed by atoms with Crippen LogP contribution in [-0.2, 0) is 10.2 Å².